The van der Waals surface area contributed by atoms with E-state index in [2.05, 4.69) is 29.4 Å². The molecule has 0 saturated carbocycles. The van der Waals surface area contributed by atoms with Crippen LogP contribution in [0.3, 0.4) is 0 Å². The number of rotatable bonds is 5. The van der Waals surface area contributed by atoms with Gasteiger partial charge in [-0.1, -0.05) is 6.07 Å². The molecule has 31 heavy (non-hydrogen) atoms. The van der Waals surface area contributed by atoms with E-state index in [-0.39, 0.29) is 12.0 Å². The van der Waals surface area contributed by atoms with Crippen molar-refractivity contribution in [3.05, 3.63) is 71.9 Å². The van der Waals surface area contributed by atoms with E-state index in [4.69, 9.17) is 14.5 Å². The van der Waals surface area contributed by atoms with E-state index in [1.807, 2.05) is 30.3 Å². The van der Waals surface area contributed by atoms with Crippen molar-refractivity contribution in [2.45, 2.75) is 19.4 Å². The highest BCUT2D eigenvalue weighted by Gasteiger charge is 2.18. The summed E-state index contributed by atoms with van der Waals surface area (Å²) in [5.41, 5.74) is 4.44. The number of amides is 1. The summed E-state index contributed by atoms with van der Waals surface area (Å²) in [7, 11) is 0. The molecule has 2 aromatic carbocycles. The number of aryl methyl sites for hydroxylation is 1. The predicted molar refractivity (Wildman–Crippen MR) is 122 cm³/mol. The van der Waals surface area contributed by atoms with Crippen LogP contribution in [0, 0.1) is 6.92 Å². The lowest BCUT2D eigenvalue weighted by Crippen LogP contribution is -2.17. The summed E-state index contributed by atoms with van der Waals surface area (Å²) in [4.78, 5) is 21.5. The molecule has 0 spiro atoms. The second-order valence-corrected chi connectivity index (χ2v) is 8.54. The average molecular weight is 432 g/mol. The molecule has 1 unspecified atom stereocenters. The van der Waals surface area contributed by atoms with E-state index in [0.717, 1.165) is 22.5 Å². The highest BCUT2D eigenvalue weighted by molar-refractivity contribution is 7.21. The van der Waals surface area contributed by atoms with Gasteiger partial charge in [0.15, 0.2) is 0 Å². The number of fused-ring (bicyclic) bond motifs is 1. The largest absolute Gasteiger partial charge is 0.472 e. The van der Waals surface area contributed by atoms with Crippen molar-refractivity contribution in [3.63, 3.8) is 0 Å². The van der Waals surface area contributed by atoms with Gasteiger partial charge in [0.05, 0.1) is 29.0 Å². The first-order valence-electron chi connectivity index (χ1n) is 10.1. The van der Waals surface area contributed by atoms with Crippen LogP contribution in [0.5, 0.6) is 5.88 Å². The number of aromatic nitrogens is 2. The molecule has 1 saturated heterocycles. The molecule has 1 N–H and O–H groups in total. The topological polar surface area (TPSA) is 73.3 Å². The van der Waals surface area contributed by atoms with Gasteiger partial charge in [-0.05, 0) is 55.0 Å². The Morgan fingerprint density at radius 2 is 2.03 bits per heavy atom. The van der Waals surface area contributed by atoms with Crippen molar-refractivity contribution in [1.82, 2.24) is 9.97 Å². The van der Waals surface area contributed by atoms with E-state index < -0.39 is 0 Å². The van der Waals surface area contributed by atoms with Crippen LogP contribution in [-0.4, -0.2) is 35.2 Å². The van der Waals surface area contributed by atoms with Crippen LogP contribution < -0.4 is 10.1 Å². The summed E-state index contributed by atoms with van der Waals surface area (Å²) in [6.45, 7) is 3.37. The van der Waals surface area contributed by atoms with Gasteiger partial charge in [-0.3, -0.25) is 4.79 Å². The van der Waals surface area contributed by atoms with Crippen LogP contribution in [0.1, 0.15) is 22.3 Å². The molecule has 0 bridgehead atoms. The molecular weight excluding hydrogens is 410 g/mol. The summed E-state index contributed by atoms with van der Waals surface area (Å²) >= 11 is 1.67. The third-order valence-electron chi connectivity index (χ3n) is 5.11. The molecule has 3 heterocycles. The smallest absolute Gasteiger partial charge is 0.257 e. The summed E-state index contributed by atoms with van der Waals surface area (Å²) in [6.07, 6.45) is 2.42. The molecule has 1 aliphatic heterocycles. The molecule has 5 rings (SSSR count). The van der Waals surface area contributed by atoms with Crippen molar-refractivity contribution in [3.8, 4) is 16.5 Å². The molecule has 1 atom stereocenters. The van der Waals surface area contributed by atoms with E-state index in [1.165, 1.54) is 16.5 Å². The number of nitrogens with zero attached hydrogens (tertiary/aromatic N) is 2. The van der Waals surface area contributed by atoms with Gasteiger partial charge in [0.1, 0.15) is 11.1 Å². The first-order valence-corrected chi connectivity index (χ1v) is 11.0. The quantitative estimate of drug-likeness (QED) is 0.477. The minimum atomic E-state index is -0.216. The Morgan fingerprint density at radius 3 is 2.77 bits per heavy atom. The molecule has 4 aromatic rings. The fraction of sp³-hybridized carbons (Fsp3) is 0.208. The van der Waals surface area contributed by atoms with Gasteiger partial charge in [0, 0.05) is 29.9 Å². The number of ether oxygens (including phenoxy) is 2. The van der Waals surface area contributed by atoms with Crippen LogP contribution in [0.25, 0.3) is 20.8 Å². The Kier molecular flexibility index (Phi) is 5.36. The first kappa shape index (κ1) is 19.7. The van der Waals surface area contributed by atoms with E-state index in [0.29, 0.717) is 30.3 Å². The number of carbonyl (C=O) groups excluding carboxylic acids is 1. The van der Waals surface area contributed by atoms with Gasteiger partial charge in [-0.15, -0.1) is 11.3 Å². The fourth-order valence-electron chi connectivity index (χ4n) is 3.42. The van der Waals surface area contributed by atoms with Crippen molar-refractivity contribution in [1.29, 1.82) is 0 Å². The number of benzene rings is 2. The third-order valence-corrected chi connectivity index (χ3v) is 6.17. The normalized spacial score (nSPS) is 15.8. The summed E-state index contributed by atoms with van der Waals surface area (Å²) in [5.74, 6) is 0.286. The molecule has 7 heteroatoms. The van der Waals surface area contributed by atoms with Gasteiger partial charge in [-0.2, -0.15) is 0 Å². The predicted octanol–water partition coefficient (Wildman–Crippen LogP) is 5.09. The molecule has 0 aliphatic carbocycles. The standard InChI is InChI=1S/C24H21N3O3S/c1-15-2-8-20-21(12-15)31-24(27-20)16-3-6-18(7-4-16)26-23(28)17-5-9-22(25-13-17)30-19-10-11-29-14-19/h2-9,12-13,19H,10-11,14H2,1H3,(H,26,28). The Labute approximate surface area is 183 Å². The van der Waals surface area contributed by atoms with Crippen molar-refractivity contribution in [2.75, 3.05) is 18.5 Å². The minimum Gasteiger partial charge on any atom is -0.472 e. The zero-order valence-corrected chi connectivity index (χ0v) is 17.8. The van der Waals surface area contributed by atoms with Gasteiger partial charge >= 0.3 is 0 Å². The van der Waals surface area contributed by atoms with Crippen molar-refractivity contribution in [2.24, 2.45) is 0 Å². The summed E-state index contributed by atoms with van der Waals surface area (Å²) < 4.78 is 12.2. The second kappa shape index (κ2) is 8.45. The number of thiazole rings is 1. The number of hydrogen-bond donors (Lipinski definition) is 1. The number of carbonyl (C=O) groups is 1. The van der Waals surface area contributed by atoms with Crippen molar-refractivity contribution < 1.29 is 14.3 Å². The molecule has 0 radical (unpaired) electrons. The molecular formula is C24H21N3O3S. The first-order chi connectivity index (χ1) is 15.1. The molecule has 1 amide bonds. The zero-order valence-electron chi connectivity index (χ0n) is 17.0. The van der Waals surface area contributed by atoms with Gasteiger partial charge in [0.25, 0.3) is 5.91 Å². The second-order valence-electron chi connectivity index (χ2n) is 7.51. The summed E-state index contributed by atoms with van der Waals surface area (Å²) in [5, 5.41) is 3.87. The van der Waals surface area contributed by atoms with Crippen LogP contribution in [-0.2, 0) is 4.74 Å². The van der Waals surface area contributed by atoms with E-state index in [1.54, 1.807) is 23.5 Å². The fourth-order valence-corrected chi connectivity index (χ4v) is 4.48. The monoisotopic (exact) mass is 431 g/mol. The number of anilines is 1. The van der Waals surface area contributed by atoms with Gasteiger partial charge in [-0.25, -0.2) is 9.97 Å². The van der Waals surface area contributed by atoms with Gasteiger partial charge < -0.3 is 14.8 Å². The van der Waals surface area contributed by atoms with Gasteiger partial charge in [0.2, 0.25) is 5.88 Å². The lowest BCUT2D eigenvalue weighted by molar-refractivity contribution is 0.102. The maximum Gasteiger partial charge on any atom is 0.257 e. The number of pyridine rings is 1. The Morgan fingerprint density at radius 1 is 1.16 bits per heavy atom. The minimum absolute atomic E-state index is 0.0325. The lowest BCUT2D eigenvalue weighted by Gasteiger charge is -2.11. The average Bonchev–Trinajstić information content (AvgIpc) is 3.44. The lowest BCUT2D eigenvalue weighted by atomic mass is 10.2. The molecule has 156 valence electrons. The molecule has 1 fully saturated rings. The SMILES string of the molecule is Cc1ccc2nc(-c3ccc(NC(=O)c4ccc(OC5CCOC5)nc4)cc3)sc2c1. The Bertz CT molecular complexity index is 1210. The number of hydrogen-bond acceptors (Lipinski definition) is 6. The van der Waals surface area contributed by atoms with E-state index >= 15 is 0 Å². The van der Waals surface area contributed by atoms with E-state index in [9.17, 15) is 4.79 Å². The maximum absolute atomic E-state index is 12.6. The van der Waals surface area contributed by atoms with Crippen LogP contribution in [0.4, 0.5) is 5.69 Å². The van der Waals surface area contributed by atoms with Crippen LogP contribution in [0.15, 0.2) is 60.8 Å². The molecule has 1 aliphatic rings. The highest BCUT2D eigenvalue weighted by atomic mass is 32.1. The maximum atomic E-state index is 12.6. The van der Waals surface area contributed by atoms with Crippen LogP contribution >= 0.6 is 11.3 Å². The third kappa shape index (κ3) is 4.42. The Balaban J connectivity index is 1.25. The number of nitrogens with one attached hydrogen (secondary N) is 1. The molecule has 6 nitrogen and oxygen atoms in total. The highest BCUT2D eigenvalue weighted by Crippen LogP contribution is 2.31. The van der Waals surface area contributed by atoms with Crippen LogP contribution in [0.2, 0.25) is 0 Å². The Hall–Kier alpha value is -3.29. The summed E-state index contributed by atoms with van der Waals surface area (Å²) in [6, 6.07) is 17.4. The zero-order chi connectivity index (χ0) is 21.2. The molecule has 2 aromatic heterocycles. The van der Waals surface area contributed by atoms with Crippen molar-refractivity contribution >= 4 is 33.1 Å².